The Kier molecular flexibility index (Phi) is 6.31. The lowest BCUT2D eigenvalue weighted by molar-refractivity contribution is -0.385. The number of aliphatic hydroxyl groups is 3. The van der Waals surface area contributed by atoms with Crippen LogP contribution in [0.2, 0.25) is 0 Å². The number of ketones is 1. The molecule has 1 amide bonds. The third kappa shape index (κ3) is 3.66. The van der Waals surface area contributed by atoms with Gasteiger partial charge in [-0.2, -0.15) is 8.78 Å². The fourth-order valence-corrected chi connectivity index (χ4v) is 6.38. The van der Waals surface area contributed by atoms with Gasteiger partial charge in [-0.15, -0.1) is 0 Å². The first kappa shape index (κ1) is 27.1. The van der Waals surface area contributed by atoms with Gasteiger partial charge in [0.05, 0.1) is 28.0 Å². The van der Waals surface area contributed by atoms with E-state index >= 15 is 0 Å². The molecule has 1 aromatic rings. The van der Waals surface area contributed by atoms with Crippen molar-refractivity contribution in [3.8, 4) is 5.75 Å². The Labute approximate surface area is 213 Å². The molecule has 204 valence electrons. The highest BCUT2D eigenvalue weighted by molar-refractivity contribution is 6.08. The number of nitrogens with zero attached hydrogens (tertiary/aromatic N) is 2. The van der Waals surface area contributed by atoms with E-state index in [2.05, 4.69) is 0 Å². The van der Waals surface area contributed by atoms with E-state index in [1.807, 2.05) is 0 Å². The van der Waals surface area contributed by atoms with Crippen LogP contribution in [0.5, 0.6) is 5.75 Å². The number of halogens is 3. The van der Waals surface area contributed by atoms with Gasteiger partial charge < -0.3 is 26.2 Å². The van der Waals surface area contributed by atoms with E-state index < -0.39 is 97.6 Å². The lowest BCUT2D eigenvalue weighted by atomic mass is 9.55. The number of Topliss-reactive ketones (excluding diaryl/α,β-unsaturated/α-hetero) is 1. The quantitative estimate of drug-likeness (QED) is 0.283. The van der Waals surface area contributed by atoms with Crippen molar-refractivity contribution in [3.63, 3.8) is 0 Å². The van der Waals surface area contributed by atoms with Crippen LogP contribution >= 0.6 is 0 Å². The molecule has 0 heterocycles. The van der Waals surface area contributed by atoms with E-state index in [1.54, 1.807) is 14.1 Å². The number of rotatable bonds is 4. The summed E-state index contributed by atoms with van der Waals surface area (Å²) >= 11 is 0. The minimum atomic E-state index is -2.79. The molecule has 0 aliphatic heterocycles. The van der Waals surface area contributed by atoms with Crippen molar-refractivity contribution < 1.29 is 48.1 Å². The average molecular weight is 539 g/mol. The van der Waals surface area contributed by atoms with E-state index in [1.165, 1.54) is 4.90 Å². The van der Waals surface area contributed by atoms with Gasteiger partial charge in [0.15, 0.2) is 11.6 Å². The van der Waals surface area contributed by atoms with Crippen LogP contribution < -0.4 is 5.73 Å². The molecular weight excluding hydrogens is 515 g/mol. The fraction of sp³-hybridized carbons (Fsp3) is 0.417. The monoisotopic (exact) mass is 539 g/mol. The van der Waals surface area contributed by atoms with E-state index in [4.69, 9.17) is 5.73 Å². The van der Waals surface area contributed by atoms with Crippen LogP contribution in [0.3, 0.4) is 0 Å². The second-order valence-corrected chi connectivity index (χ2v) is 10.1. The zero-order chi connectivity index (χ0) is 28.6. The zero-order valence-corrected chi connectivity index (χ0v) is 20.3. The number of carbonyl (C=O) groups excluding carboxylic acids is 2. The summed E-state index contributed by atoms with van der Waals surface area (Å²) in [5.74, 6) is -10.2. The SMILES string of the molecule is CN(C)[C@@H]1C(O)=C(C(N)=O)C(C)(O)C2C(=O)C3=C(O)c4c(O)c([N+](=O)[O-])cc(C(F)=C(F)F)c4CC3CC21. The molecule has 4 rings (SSSR count). The number of phenolic OH excluding ortho intramolecular Hbond substituents is 1. The Bertz CT molecular complexity index is 1390. The molecule has 0 aromatic heterocycles. The molecule has 1 fully saturated rings. The van der Waals surface area contributed by atoms with Gasteiger partial charge >= 0.3 is 11.8 Å². The number of carbonyl (C=O) groups is 2. The number of aliphatic hydroxyl groups excluding tert-OH is 2. The van der Waals surface area contributed by atoms with Crippen LogP contribution in [0, 0.1) is 27.9 Å². The van der Waals surface area contributed by atoms with Gasteiger partial charge in [0.25, 0.3) is 5.91 Å². The van der Waals surface area contributed by atoms with Gasteiger partial charge in [0.1, 0.15) is 17.1 Å². The second-order valence-electron chi connectivity index (χ2n) is 10.1. The summed E-state index contributed by atoms with van der Waals surface area (Å²) in [7, 11) is 3.08. The maximum Gasteiger partial charge on any atom is 0.312 e. The van der Waals surface area contributed by atoms with Gasteiger partial charge in [-0.1, -0.05) is 0 Å². The predicted octanol–water partition coefficient (Wildman–Crippen LogP) is 2.47. The number of likely N-dealkylation sites (N-methyl/N-ethyl adjacent to an activating group) is 1. The number of fused-ring (bicyclic) bond motifs is 3. The highest BCUT2D eigenvalue weighted by Gasteiger charge is 2.60. The first-order valence-corrected chi connectivity index (χ1v) is 11.4. The molecule has 3 aliphatic carbocycles. The predicted molar refractivity (Wildman–Crippen MR) is 125 cm³/mol. The van der Waals surface area contributed by atoms with Crippen LogP contribution in [-0.2, 0) is 16.0 Å². The van der Waals surface area contributed by atoms with Crippen molar-refractivity contribution in [1.82, 2.24) is 4.90 Å². The molecule has 0 radical (unpaired) electrons. The third-order valence-electron chi connectivity index (χ3n) is 7.73. The molecule has 6 N–H and O–H groups in total. The van der Waals surface area contributed by atoms with Crippen molar-refractivity contribution in [1.29, 1.82) is 0 Å². The summed E-state index contributed by atoms with van der Waals surface area (Å²) in [6, 6.07) is -0.572. The first-order chi connectivity index (χ1) is 17.5. The van der Waals surface area contributed by atoms with E-state index in [9.17, 15) is 53.3 Å². The second kappa shape index (κ2) is 8.84. The number of nitrogens with two attached hydrogens (primary N) is 1. The number of aromatic hydroxyl groups is 1. The highest BCUT2D eigenvalue weighted by Crippen LogP contribution is 2.55. The van der Waals surface area contributed by atoms with Gasteiger partial charge in [0.2, 0.25) is 5.75 Å². The van der Waals surface area contributed by atoms with Crippen LogP contribution in [0.4, 0.5) is 18.9 Å². The lowest BCUT2D eigenvalue weighted by Gasteiger charge is -2.52. The van der Waals surface area contributed by atoms with Gasteiger partial charge in [0, 0.05) is 17.2 Å². The fourth-order valence-electron chi connectivity index (χ4n) is 6.38. The molecule has 1 aromatic carbocycles. The number of nitro groups is 1. The summed E-state index contributed by atoms with van der Waals surface area (Å²) in [5.41, 5.74) is -1.11. The number of hydrogen-bond acceptors (Lipinski definition) is 9. The maximum atomic E-state index is 14.5. The Morgan fingerprint density at radius 3 is 2.34 bits per heavy atom. The maximum absolute atomic E-state index is 14.5. The molecule has 0 spiro atoms. The number of benzene rings is 1. The number of hydrogen-bond donors (Lipinski definition) is 5. The molecule has 14 heteroatoms. The van der Waals surface area contributed by atoms with Crippen molar-refractivity contribution in [2.75, 3.05) is 14.1 Å². The molecule has 38 heavy (non-hydrogen) atoms. The first-order valence-electron chi connectivity index (χ1n) is 11.4. The molecule has 0 saturated heterocycles. The van der Waals surface area contributed by atoms with Crippen molar-refractivity contribution in [2.45, 2.75) is 31.4 Å². The summed E-state index contributed by atoms with van der Waals surface area (Å²) < 4.78 is 41.0. The Balaban J connectivity index is 2.02. The minimum Gasteiger partial charge on any atom is -0.510 e. The number of nitro benzene ring substituents is 1. The minimum absolute atomic E-state index is 0.0645. The smallest absolute Gasteiger partial charge is 0.312 e. The van der Waals surface area contributed by atoms with E-state index in [0.29, 0.717) is 6.07 Å². The summed E-state index contributed by atoms with van der Waals surface area (Å²) in [5, 5.41) is 55.4. The highest BCUT2D eigenvalue weighted by atomic mass is 19.3. The third-order valence-corrected chi connectivity index (χ3v) is 7.73. The summed E-state index contributed by atoms with van der Waals surface area (Å²) in [6.45, 7) is 1.10. The van der Waals surface area contributed by atoms with Crippen LogP contribution in [-0.4, -0.2) is 67.7 Å². The van der Waals surface area contributed by atoms with Crippen molar-refractivity contribution in [3.05, 3.63) is 55.9 Å². The molecule has 11 nitrogen and oxygen atoms in total. The summed E-state index contributed by atoms with van der Waals surface area (Å²) in [6.07, 6.45) is -3.24. The molecule has 1 saturated carbocycles. The number of amides is 1. The standard InChI is InChI=1S/C24H24F3N3O8/c1-24(36)14-10(17(29(2)3)21(34)15(24)23(28)35)5-7-4-8-9(16(25)22(26)27)6-11(30(37)38)18(31)13(8)19(32)12(7)20(14)33/h6-7,10,14,17,31-32,34,36H,4-5H2,1-3H3,(H2,28,35)/t7?,10?,14?,17-,24?/m0/s1. The largest absolute Gasteiger partial charge is 0.510 e. The molecular formula is C24H24F3N3O8. The Morgan fingerprint density at radius 1 is 1.24 bits per heavy atom. The van der Waals surface area contributed by atoms with E-state index in [0.717, 1.165) is 6.92 Å². The van der Waals surface area contributed by atoms with Crippen LogP contribution in [0.15, 0.2) is 29.1 Å². The Hall–Kier alpha value is -3.91. The van der Waals surface area contributed by atoms with Gasteiger partial charge in [-0.25, -0.2) is 4.39 Å². The van der Waals surface area contributed by atoms with Crippen LogP contribution in [0.1, 0.15) is 30.0 Å². The average Bonchev–Trinajstić information content (AvgIpc) is 2.76. The summed E-state index contributed by atoms with van der Waals surface area (Å²) in [4.78, 5) is 37.8. The van der Waals surface area contributed by atoms with Crippen molar-refractivity contribution >= 4 is 29.0 Å². The number of primary amides is 1. The zero-order valence-electron chi connectivity index (χ0n) is 20.3. The van der Waals surface area contributed by atoms with Crippen molar-refractivity contribution in [2.24, 2.45) is 23.5 Å². The van der Waals surface area contributed by atoms with Crippen LogP contribution in [0.25, 0.3) is 11.6 Å². The molecule has 4 unspecified atom stereocenters. The number of allylic oxidation sites excluding steroid dienone is 1. The van der Waals surface area contributed by atoms with Gasteiger partial charge in [-0.05, 0) is 51.3 Å². The molecule has 3 aliphatic rings. The number of phenols is 1. The van der Waals surface area contributed by atoms with E-state index in [-0.39, 0.29) is 24.0 Å². The Morgan fingerprint density at radius 2 is 1.84 bits per heavy atom. The van der Waals surface area contributed by atoms with Gasteiger partial charge in [-0.3, -0.25) is 24.6 Å². The lowest BCUT2D eigenvalue weighted by Crippen LogP contribution is -2.61. The molecule has 0 bridgehead atoms. The normalized spacial score (nSPS) is 28.6. The molecule has 5 atom stereocenters. The topological polar surface area (TPSA) is 187 Å².